The van der Waals surface area contributed by atoms with Gasteiger partial charge in [-0.1, -0.05) is 6.07 Å². The van der Waals surface area contributed by atoms with Crippen LogP contribution in [0.25, 0.3) is 11.4 Å². The molecular weight excluding hydrogens is 332 g/mol. The number of nitrogens with zero attached hydrogens (tertiary/aromatic N) is 3. The summed E-state index contributed by atoms with van der Waals surface area (Å²) in [5.41, 5.74) is 9.90. The number of amides is 1. The van der Waals surface area contributed by atoms with Crippen molar-refractivity contribution in [1.29, 1.82) is 0 Å². The number of phenolic OH excluding ortho intramolecular Hbond substituents is 1. The fraction of sp³-hybridized carbons (Fsp3) is 0.167. The van der Waals surface area contributed by atoms with Crippen molar-refractivity contribution < 1.29 is 9.90 Å². The quantitative estimate of drug-likeness (QED) is 0.572. The second kappa shape index (κ2) is 6.07. The summed E-state index contributed by atoms with van der Waals surface area (Å²) < 4.78 is 1.96. The third-order valence-corrected chi connectivity index (χ3v) is 4.42. The lowest BCUT2D eigenvalue weighted by molar-refractivity contribution is 0.0946. The first-order valence-electron chi connectivity index (χ1n) is 8.19. The summed E-state index contributed by atoms with van der Waals surface area (Å²) in [5.74, 6) is 0.157. The maximum atomic E-state index is 12.6. The SMILES string of the molecule is Cn1c2c(c(Nc3cccc(O)c3)c1-c1ccnc(N)n1)C(=O)NCC2. The van der Waals surface area contributed by atoms with Gasteiger partial charge in [-0.25, -0.2) is 9.97 Å². The molecule has 3 aromatic rings. The second-order valence-corrected chi connectivity index (χ2v) is 6.09. The molecular formula is C18H18N6O2. The van der Waals surface area contributed by atoms with Crippen molar-refractivity contribution in [2.75, 3.05) is 17.6 Å². The maximum absolute atomic E-state index is 12.6. The molecule has 8 heteroatoms. The van der Waals surface area contributed by atoms with Crippen LogP contribution in [0.5, 0.6) is 5.75 Å². The Morgan fingerprint density at radius 1 is 1.35 bits per heavy atom. The van der Waals surface area contributed by atoms with Gasteiger partial charge >= 0.3 is 0 Å². The van der Waals surface area contributed by atoms with Crippen LogP contribution in [-0.4, -0.2) is 32.1 Å². The van der Waals surface area contributed by atoms with Crippen molar-refractivity contribution in [3.8, 4) is 17.1 Å². The third-order valence-electron chi connectivity index (χ3n) is 4.42. The molecule has 1 aliphatic rings. The smallest absolute Gasteiger partial charge is 0.255 e. The molecule has 0 saturated carbocycles. The van der Waals surface area contributed by atoms with E-state index in [1.807, 2.05) is 17.7 Å². The molecule has 0 radical (unpaired) electrons. The standard InChI is InChI=1S/C18H18N6O2/c1-24-13-6-8-20-17(26)14(13)15(22-10-3-2-4-11(25)9-10)16(24)12-5-7-21-18(19)23-12/h2-5,7,9,22,25H,6,8H2,1H3,(H,20,26)(H2,19,21,23). The summed E-state index contributed by atoms with van der Waals surface area (Å²) in [6, 6.07) is 8.48. The van der Waals surface area contributed by atoms with Crippen LogP contribution in [0.3, 0.4) is 0 Å². The van der Waals surface area contributed by atoms with Crippen LogP contribution in [-0.2, 0) is 13.5 Å². The van der Waals surface area contributed by atoms with Gasteiger partial charge in [-0.15, -0.1) is 0 Å². The number of nitrogens with two attached hydrogens (primary N) is 1. The van der Waals surface area contributed by atoms with E-state index in [-0.39, 0.29) is 17.6 Å². The number of phenols is 1. The van der Waals surface area contributed by atoms with Gasteiger partial charge in [0.2, 0.25) is 5.95 Å². The summed E-state index contributed by atoms with van der Waals surface area (Å²) >= 11 is 0. The average Bonchev–Trinajstić information content (AvgIpc) is 2.88. The normalized spacial score (nSPS) is 13.2. The lowest BCUT2D eigenvalue weighted by atomic mass is 10.1. The van der Waals surface area contributed by atoms with Crippen molar-refractivity contribution in [3.63, 3.8) is 0 Å². The van der Waals surface area contributed by atoms with Gasteiger partial charge in [0.05, 0.1) is 22.6 Å². The largest absolute Gasteiger partial charge is 0.508 e. The number of benzene rings is 1. The monoisotopic (exact) mass is 350 g/mol. The van der Waals surface area contributed by atoms with Crippen LogP contribution < -0.4 is 16.4 Å². The van der Waals surface area contributed by atoms with Gasteiger partial charge in [-0.2, -0.15) is 0 Å². The molecule has 0 aliphatic carbocycles. The average molecular weight is 350 g/mol. The molecule has 0 saturated heterocycles. The van der Waals surface area contributed by atoms with Gasteiger partial charge in [-0.3, -0.25) is 4.79 Å². The minimum absolute atomic E-state index is 0.136. The van der Waals surface area contributed by atoms with E-state index in [2.05, 4.69) is 20.6 Å². The Balaban J connectivity index is 1.94. The fourth-order valence-corrected chi connectivity index (χ4v) is 3.31. The van der Waals surface area contributed by atoms with Gasteiger partial charge in [0.1, 0.15) is 5.75 Å². The van der Waals surface area contributed by atoms with Crippen LogP contribution >= 0.6 is 0 Å². The number of rotatable bonds is 3. The lowest BCUT2D eigenvalue weighted by Crippen LogP contribution is -2.32. The molecule has 4 rings (SSSR count). The van der Waals surface area contributed by atoms with E-state index in [4.69, 9.17) is 5.73 Å². The number of carbonyl (C=O) groups excluding carboxylic acids is 1. The lowest BCUT2D eigenvalue weighted by Gasteiger charge is -2.15. The minimum Gasteiger partial charge on any atom is -0.508 e. The molecule has 3 heterocycles. The number of hydrogen-bond acceptors (Lipinski definition) is 6. The Hall–Kier alpha value is -3.55. The van der Waals surface area contributed by atoms with E-state index in [9.17, 15) is 9.90 Å². The molecule has 0 atom stereocenters. The number of aromatic nitrogens is 3. The van der Waals surface area contributed by atoms with E-state index in [0.29, 0.717) is 35.6 Å². The van der Waals surface area contributed by atoms with E-state index < -0.39 is 0 Å². The summed E-state index contributed by atoms with van der Waals surface area (Å²) in [5, 5.41) is 15.9. The Labute approximate surface area is 149 Å². The molecule has 0 spiro atoms. The minimum atomic E-state index is -0.141. The highest BCUT2D eigenvalue weighted by Gasteiger charge is 2.30. The summed E-state index contributed by atoms with van der Waals surface area (Å²) in [6.07, 6.45) is 2.30. The van der Waals surface area contributed by atoms with Crippen LogP contribution in [0.15, 0.2) is 36.5 Å². The molecule has 0 unspecified atom stereocenters. The van der Waals surface area contributed by atoms with Crippen molar-refractivity contribution in [2.24, 2.45) is 7.05 Å². The Bertz CT molecular complexity index is 1010. The zero-order valence-corrected chi connectivity index (χ0v) is 14.2. The molecule has 0 fully saturated rings. The first-order valence-corrected chi connectivity index (χ1v) is 8.19. The molecule has 26 heavy (non-hydrogen) atoms. The van der Waals surface area contributed by atoms with E-state index in [1.165, 1.54) is 0 Å². The highest BCUT2D eigenvalue weighted by atomic mass is 16.3. The number of nitrogens with one attached hydrogen (secondary N) is 2. The molecule has 132 valence electrons. The van der Waals surface area contributed by atoms with E-state index in [1.54, 1.807) is 30.5 Å². The van der Waals surface area contributed by atoms with Gasteiger partial charge in [0, 0.05) is 43.7 Å². The molecule has 8 nitrogen and oxygen atoms in total. The molecule has 1 amide bonds. The molecule has 5 N–H and O–H groups in total. The van der Waals surface area contributed by atoms with Gasteiger partial charge in [0.15, 0.2) is 0 Å². The first kappa shape index (κ1) is 15.9. The third kappa shape index (κ3) is 2.61. The van der Waals surface area contributed by atoms with E-state index in [0.717, 1.165) is 11.4 Å². The van der Waals surface area contributed by atoms with Crippen LogP contribution in [0.1, 0.15) is 16.1 Å². The van der Waals surface area contributed by atoms with Crippen LogP contribution in [0.2, 0.25) is 0 Å². The Morgan fingerprint density at radius 2 is 2.19 bits per heavy atom. The highest BCUT2D eigenvalue weighted by Crippen LogP contribution is 2.38. The van der Waals surface area contributed by atoms with Crippen LogP contribution in [0, 0.1) is 0 Å². The van der Waals surface area contributed by atoms with Crippen molar-refractivity contribution >= 4 is 23.2 Å². The predicted octanol–water partition coefficient (Wildman–Crippen LogP) is 1.80. The summed E-state index contributed by atoms with van der Waals surface area (Å²) in [6.45, 7) is 0.584. The Kier molecular flexibility index (Phi) is 3.72. The highest BCUT2D eigenvalue weighted by molar-refractivity contribution is 6.06. The number of nitrogen functional groups attached to an aromatic ring is 1. The zero-order valence-electron chi connectivity index (χ0n) is 14.2. The second-order valence-electron chi connectivity index (χ2n) is 6.09. The molecule has 2 aromatic heterocycles. The van der Waals surface area contributed by atoms with Crippen molar-refractivity contribution in [3.05, 3.63) is 47.8 Å². The number of carbonyl (C=O) groups is 1. The molecule has 1 aliphatic heterocycles. The number of aromatic hydroxyl groups is 1. The fourth-order valence-electron chi connectivity index (χ4n) is 3.31. The summed E-state index contributed by atoms with van der Waals surface area (Å²) in [4.78, 5) is 20.8. The first-order chi connectivity index (χ1) is 12.5. The Morgan fingerprint density at radius 3 is 2.96 bits per heavy atom. The topological polar surface area (TPSA) is 118 Å². The van der Waals surface area contributed by atoms with Gasteiger partial charge in [0.25, 0.3) is 5.91 Å². The number of anilines is 3. The zero-order chi connectivity index (χ0) is 18.3. The van der Waals surface area contributed by atoms with Gasteiger partial charge < -0.3 is 26.0 Å². The molecule has 1 aromatic carbocycles. The predicted molar refractivity (Wildman–Crippen MR) is 98.3 cm³/mol. The number of hydrogen-bond donors (Lipinski definition) is 4. The van der Waals surface area contributed by atoms with Crippen LogP contribution in [0.4, 0.5) is 17.3 Å². The summed E-state index contributed by atoms with van der Waals surface area (Å²) in [7, 11) is 1.90. The van der Waals surface area contributed by atoms with Crippen molar-refractivity contribution in [2.45, 2.75) is 6.42 Å². The van der Waals surface area contributed by atoms with Crippen molar-refractivity contribution in [1.82, 2.24) is 19.9 Å². The van der Waals surface area contributed by atoms with E-state index >= 15 is 0 Å². The van der Waals surface area contributed by atoms with Gasteiger partial charge in [-0.05, 0) is 18.2 Å². The maximum Gasteiger partial charge on any atom is 0.255 e. The molecule has 0 bridgehead atoms. The number of fused-ring (bicyclic) bond motifs is 1.